The summed E-state index contributed by atoms with van der Waals surface area (Å²) in [6.07, 6.45) is 1.53. The fourth-order valence-electron chi connectivity index (χ4n) is 1.75. The number of ether oxygens (including phenoxy) is 1. The lowest BCUT2D eigenvalue weighted by atomic mass is 10.2. The van der Waals surface area contributed by atoms with Gasteiger partial charge in [0.15, 0.2) is 0 Å². The second kappa shape index (κ2) is 8.59. The maximum Gasteiger partial charge on any atom is 0.224 e. The van der Waals surface area contributed by atoms with E-state index in [1.54, 1.807) is 0 Å². The molecule has 0 saturated heterocycles. The van der Waals surface area contributed by atoms with Crippen LogP contribution in [0.3, 0.4) is 0 Å². The smallest absolute Gasteiger partial charge is 0.224 e. The van der Waals surface area contributed by atoms with Crippen LogP contribution in [0.15, 0.2) is 24.3 Å². The van der Waals surface area contributed by atoms with Crippen LogP contribution in [-0.2, 0) is 4.79 Å². The molecule has 0 atom stereocenters. The van der Waals surface area contributed by atoms with E-state index in [1.807, 2.05) is 38.1 Å². The quantitative estimate of drug-likeness (QED) is 0.718. The molecule has 0 aliphatic carbocycles. The maximum absolute atomic E-state index is 11.7. The molecule has 112 valence electrons. The van der Waals surface area contributed by atoms with Crippen molar-refractivity contribution >= 4 is 11.6 Å². The highest BCUT2D eigenvalue weighted by Gasteiger charge is 2.03. The summed E-state index contributed by atoms with van der Waals surface area (Å²) in [5.74, 6) is 0.868. The standard InChI is InChI=1S/C16H26N2O2/c1-12(2)17-11-5-6-16(19)18-14-7-9-15(10-8-14)20-13(3)4/h7-10,12-13,17H,5-6,11H2,1-4H3,(H,18,19). The Morgan fingerprint density at radius 1 is 1.15 bits per heavy atom. The lowest BCUT2D eigenvalue weighted by molar-refractivity contribution is -0.116. The molecular weight excluding hydrogens is 252 g/mol. The Labute approximate surface area is 121 Å². The Hall–Kier alpha value is -1.55. The normalized spacial score (nSPS) is 10.9. The van der Waals surface area contributed by atoms with Crippen LogP contribution in [0.5, 0.6) is 5.75 Å². The summed E-state index contributed by atoms with van der Waals surface area (Å²) in [7, 11) is 0. The van der Waals surface area contributed by atoms with E-state index in [0.717, 1.165) is 24.4 Å². The molecule has 1 amide bonds. The molecule has 0 radical (unpaired) electrons. The Bertz CT molecular complexity index is 399. The molecule has 0 heterocycles. The molecule has 4 heteroatoms. The molecule has 1 aromatic rings. The highest BCUT2D eigenvalue weighted by Crippen LogP contribution is 2.17. The third-order valence-corrected chi connectivity index (χ3v) is 2.64. The van der Waals surface area contributed by atoms with Crippen molar-refractivity contribution in [2.45, 2.75) is 52.7 Å². The van der Waals surface area contributed by atoms with Crippen molar-refractivity contribution in [3.05, 3.63) is 24.3 Å². The van der Waals surface area contributed by atoms with Crippen molar-refractivity contribution in [3.8, 4) is 5.75 Å². The zero-order valence-corrected chi connectivity index (χ0v) is 12.9. The molecule has 0 saturated carbocycles. The van der Waals surface area contributed by atoms with E-state index in [0.29, 0.717) is 12.5 Å². The lowest BCUT2D eigenvalue weighted by Gasteiger charge is -2.11. The number of hydrogen-bond acceptors (Lipinski definition) is 3. The van der Waals surface area contributed by atoms with Crippen LogP contribution >= 0.6 is 0 Å². The zero-order chi connectivity index (χ0) is 15.0. The van der Waals surface area contributed by atoms with Gasteiger partial charge in [-0.1, -0.05) is 13.8 Å². The van der Waals surface area contributed by atoms with E-state index in [4.69, 9.17) is 4.74 Å². The third kappa shape index (κ3) is 7.14. The van der Waals surface area contributed by atoms with Gasteiger partial charge in [0.1, 0.15) is 5.75 Å². The van der Waals surface area contributed by atoms with Crippen LogP contribution in [0.1, 0.15) is 40.5 Å². The van der Waals surface area contributed by atoms with E-state index >= 15 is 0 Å². The summed E-state index contributed by atoms with van der Waals surface area (Å²) in [6, 6.07) is 7.93. The van der Waals surface area contributed by atoms with Crippen molar-refractivity contribution < 1.29 is 9.53 Å². The second-order valence-corrected chi connectivity index (χ2v) is 5.45. The minimum atomic E-state index is 0.0492. The highest BCUT2D eigenvalue weighted by molar-refractivity contribution is 5.90. The van der Waals surface area contributed by atoms with Crippen molar-refractivity contribution in [2.24, 2.45) is 0 Å². The van der Waals surface area contributed by atoms with Crippen LogP contribution in [0.25, 0.3) is 0 Å². The molecule has 0 aliphatic heterocycles. The first-order chi connectivity index (χ1) is 9.47. The number of nitrogens with one attached hydrogen (secondary N) is 2. The number of carbonyl (C=O) groups is 1. The third-order valence-electron chi connectivity index (χ3n) is 2.64. The predicted octanol–water partition coefficient (Wildman–Crippen LogP) is 3.19. The number of hydrogen-bond donors (Lipinski definition) is 2. The first-order valence-corrected chi connectivity index (χ1v) is 7.27. The van der Waals surface area contributed by atoms with Crippen molar-refractivity contribution in [2.75, 3.05) is 11.9 Å². The van der Waals surface area contributed by atoms with Crippen molar-refractivity contribution in [1.82, 2.24) is 5.32 Å². The summed E-state index contributed by atoms with van der Waals surface area (Å²) in [4.78, 5) is 11.7. The molecule has 4 nitrogen and oxygen atoms in total. The molecule has 0 spiro atoms. The van der Waals surface area contributed by atoms with Gasteiger partial charge in [0.2, 0.25) is 5.91 Å². The van der Waals surface area contributed by atoms with Gasteiger partial charge in [-0.25, -0.2) is 0 Å². The van der Waals surface area contributed by atoms with Crippen LogP contribution in [-0.4, -0.2) is 24.6 Å². The molecule has 2 N–H and O–H groups in total. The minimum absolute atomic E-state index is 0.0492. The van der Waals surface area contributed by atoms with Gasteiger partial charge in [0.25, 0.3) is 0 Å². The molecule has 0 unspecified atom stereocenters. The fourth-order valence-corrected chi connectivity index (χ4v) is 1.75. The van der Waals surface area contributed by atoms with Crippen LogP contribution in [0.4, 0.5) is 5.69 Å². The Morgan fingerprint density at radius 2 is 1.80 bits per heavy atom. The minimum Gasteiger partial charge on any atom is -0.491 e. The first-order valence-electron chi connectivity index (χ1n) is 7.27. The lowest BCUT2D eigenvalue weighted by Crippen LogP contribution is -2.24. The van der Waals surface area contributed by atoms with Crippen molar-refractivity contribution in [3.63, 3.8) is 0 Å². The molecule has 0 aromatic heterocycles. The number of rotatable bonds is 8. The van der Waals surface area contributed by atoms with E-state index < -0.39 is 0 Å². The van der Waals surface area contributed by atoms with Gasteiger partial charge >= 0.3 is 0 Å². The highest BCUT2D eigenvalue weighted by atomic mass is 16.5. The van der Waals surface area contributed by atoms with Gasteiger partial charge in [-0.05, 0) is 51.1 Å². The van der Waals surface area contributed by atoms with Gasteiger partial charge in [-0.3, -0.25) is 4.79 Å². The SMILES string of the molecule is CC(C)NCCCC(=O)Nc1ccc(OC(C)C)cc1. The largest absolute Gasteiger partial charge is 0.491 e. The van der Waals surface area contributed by atoms with Gasteiger partial charge in [-0.2, -0.15) is 0 Å². The second-order valence-electron chi connectivity index (χ2n) is 5.45. The van der Waals surface area contributed by atoms with E-state index in [1.165, 1.54) is 0 Å². The molecule has 1 rings (SSSR count). The van der Waals surface area contributed by atoms with Crippen molar-refractivity contribution in [1.29, 1.82) is 0 Å². The summed E-state index contributed by atoms with van der Waals surface area (Å²) < 4.78 is 5.56. The molecule has 0 fully saturated rings. The maximum atomic E-state index is 11.7. The summed E-state index contributed by atoms with van der Waals surface area (Å²) in [5, 5.41) is 6.18. The molecule has 0 aliphatic rings. The van der Waals surface area contributed by atoms with E-state index in [2.05, 4.69) is 24.5 Å². The number of carbonyl (C=O) groups excluding carboxylic acids is 1. The summed E-state index contributed by atoms with van der Waals surface area (Å²) >= 11 is 0. The number of anilines is 1. The summed E-state index contributed by atoms with van der Waals surface area (Å²) in [6.45, 7) is 9.04. The summed E-state index contributed by atoms with van der Waals surface area (Å²) in [5.41, 5.74) is 0.808. The number of benzene rings is 1. The van der Waals surface area contributed by atoms with Crippen LogP contribution < -0.4 is 15.4 Å². The first kappa shape index (κ1) is 16.5. The van der Waals surface area contributed by atoms with Gasteiger partial charge in [0.05, 0.1) is 6.10 Å². The zero-order valence-electron chi connectivity index (χ0n) is 12.9. The van der Waals surface area contributed by atoms with Crippen LogP contribution in [0.2, 0.25) is 0 Å². The average molecular weight is 278 g/mol. The van der Waals surface area contributed by atoms with Gasteiger partial charge < -0.3 is 15.4 Å². The molecule has 20 heavy (non-hydrogen) atoms. The molecule has 0 bridgehead atoms. The Balaban J connectivity index is 2.31. The predicted molar refractivity (Wildman–Crippen MR) is 83.2 cm³/mol. The number of amides is 1. The molecular formula is C16H26N2O2. The average Bonchev–Trinajstić information content (AvgIpc) is 2.36. The monoisotopic (exact) mass is 278 g/mol. The van der Waals surface area contributed by atoms with E-state index in [-0.39, 0.29) is 12.0 Å². The van der Waals surface area contributed by atoms with Gasteiger partial charge in [-0.15, -0.1) is 0 Å². The van der Waals surface area contributed by atoms with Crippen LogP contribution in [0, 0.1) is 0 Å². The Morgan fingerprint density at radius 3 is 2.35 bits per heavy atom. The molecule has 1 aromatic carbocycles. The Kier molecular flexibility index (Phi) is 7.09. The fraction of sp³-hybridized carbons (Fsp3) is 0.562. The van der Waals surface area contributed by atoms with E-state index in [9.17, 15) is 4.79 Å². The topological polar surface area (TPSA) is 50.4 Å². The van der Waals surface area contributed by atoms with Gasteiger partial charge in [0, 0.05) is 18.2 Å².